The van der Waals surface area contributed by atoms with Gasteiger partial charge in [-0.2, -0.15) is 0 Å². The number of carboxylic acids is 1. The predicted octanol–water partition coefficient (Wildman–Crippen LogP) is 1.95. The Balaban J connectivity index is 0.00000225. The molecule has 1 atom stereocenters. The number of rotatable bonds is 4. The van der Waals surface area contributed by atoms with Crippen LogP contribution in [0.15, 0.2) is 23.1 Å². The average molecular weight is 410 g/mol. The van der Waals surface area contributed by atoms with Crippen molar-refractivity contribution in [2.75, 3.05) is 24.5 Å². The standard InChI is InChI=1S/C19H20FN3O4.ClH/c1-19(8-21)9-22(7-16(19)24)15-5-14-11(4-13(15)20)17(25)12(18(26)27)6-23(14)10-2-3-10;/h4-6,10H,2-3,7-9,21H2,1H3,(H,26,27);1H. The Morgan fingerprint density at radius 1 is 1.36 bits per heavy atom. The molecule has 1 saturated carbocycles. The molecule has 7 nitrogen and oxygen atoms in total. The van der Waals surface area contributed by atoms with E-state index in [2.05, 4.69) is 0 Å². The molecule has 1 aliphatic heterocycles. The number of pyridine rings is 1. The fourth-order valence-electron chi connectivity index (χ4n) is 3.69. The van der Waals surface area contributed by atoms with E-state index in [0.29, 0.717) is 12.1 Å². The molecule has 0 spiro atoms. The molecule has 1 saturated heterocycles. The summed E-state index contributed by atoms with van der Waals surface area (Å²) in [7, 11) is 0. The third kappa shape index (κ3) is 3.06. The quantitative estimate of drug-likeness (QED) is 0.799. The Bertz CT molecular complexity index is 1050. The molecule has 1 aromatic heterocycles. The number of hydrogen-bond acceptors (Lipinski definition) is 5. The summed E-state index contributed by atoms with van der Waals surface area (Å²) in [6, 6.07) is 2.73. The number of nitrogens with two attached hydrogens (primary N) is 1. The van der Waals surface area contributed by atoms with Gasteiger partial charge in [0.15, 0.2) is 5.78 Å². The topological polar surface area (TPSA) is 106 Å². The van der Waals surface area contributed by atoms with E-state index in [1.54, 1.807) is 22.5 Å². The van der Waals surface area contributed by atoms with Gasteiger partial charge in [-0.25, -0.2) is 9.18 Å². The van der Waals surface area contributed by atoms with E-state index in [-0.39, 0.29) is 54.0 Å². The Morgan fingerprint density at radius 3 is 2.57 bits per heavy atom. The zero-order valence-corrected chi connectivity index (χ0v) is 16.1. The van der Waals surface area contributed by atoms with Gasteiger partial charge in [0.05, 0.1) is 23.2 Å². The highest BCUT2D eigenvalue weighted by molar-refractivity contribution is 5.96. The molecule has 2 aliphatic rings. The molecule has 1 aromatic carbocycles. The summed E-state index contributed by atoms with van der Waals surface area (Å²) >= 11 is 0. The second-order valence-corrected chi connectivity index (χ2v) is 7.68. The number of aromatic nitrogens is 1. The van der Waals surface area contributed by atoms with Crippen LogP contribution in [0.1, 0.15) is 36.2 Å². The minimum absolute atomic E-state index is 0. The smallest absolute Gasteiger partial charge is 0.341 e. The lowest BCUT2D eigenvalue weighted by atomic mass is 9.89. The third-order valence-electron chi connectivity index (χ3n) is 5.61. The first-order chi connectivity index (χ1) is 12.7. The first-order valence-corrected chi connectivity index (χ1v) is 8.85. The van der Waals surface area contributed by atoms with E-state index >= 15 is 0 Å². The Hall–Kier alpha value is -2.45. The number of nitrogens with zero attached hydrogens (tertiary/aromatic N) is 2. The molecule has 28 heavy (non-hydrogen) atoms. The molecule has 9 heteroatoms. The van der Waals surface area contributed by atoms with Crippen LogP contribution in [0.3, 0.4) is 0 Å². The maximum absolute atomic E-state index is 14.8. The Kier molecular flexibility index (Phi) is 4.97. The van der Waals surface area contributed by atoms with E-state index in [4.69, 9.17) is 5.73 Å². The molecule has 2 fully saturated rings. The third-order valence-corrected chi connectivity index (χ3v) is 5.61. The van der Waals surface area contributed by atoms with Gasteiger partial charge in [0.1, 0.15) is 11.4 Å². The van der Waals surface area contributed by atoms with Crippen molar-refractivity contribution >= 4 is 40.7 Å². The fraction of sp³-hybridized carbons (Fsp3) is 0.421. The molecule has 0 bridgehead atoms. The predicted molar refractivity (Wildman–Crippen MR) is 105 cm³/mol. The molecule has 1 unspecified atom stereocenters. The van der Waals surface area contributed by atoms with Crippen LogP contribution in [-0.2, 0) is 4.79 Å². The number of hydrogen-bond donors (Lipinski definition) is 2. The first-order valence-electron chi connectivity index (χ1n) is 8.85. The van der Waals surface area contributed by atoms with E-state index in [9.17, 15) is 23.9 Å². The summed E-state index contributed by atoms with van der Waals surface area (Å²) in [6.07, 6.45) is 3.08. The lowest BCUT2D eigenvalue weighted by molar-refractivity contribution is -0.123. The van der Waals surface area contributed by atoms with E-state index in [1.807, 2.05) is 0 Å². The molecule has 4 rings (SSSR count). The number of carbonyl (C=O) groups excluding carboxylic acids is 1. The number of anilines is 1. The first kappa shape index (κ1) is 20.3. The van der Waals surface area contributed by atoms with Crippen molar-refractivity contribution < 1.29 is 19.1 Å². The van der Waals surface area contributed by atoms with E-state index < -0.39 is 22.6 Å². The summed E-state index contributed by atoms with van der Waals surface area (Å²) in [6.45, 7) is 2.28. The van der Waals surface area contributed by atoms with Crippen molar-refractivity contribution in [3.8, 4) is 0 Å². The highest BCUT2D eigenvalue weighted by Gasteiger charge is 2.41. The Labute approximate surface area is 166 Å². The molecule has 150 valence electrons. The number of benzene rings is 1. The number of carboxylic acid groups (broad SMARTS) is 1. The molecular weight excluding hydrogens is 389 g/mol. The fourth-order valence-corrected chi connectivity index (χ4v) is 3.69. The normalized spacial score (nSPS) is 21.8. The summed E-state index contributed by atoms with van der Waals surface area (Å²) in [5, 5.41) is 9.33. The van der Waals surface area contributed by atoms with Crippen molar-refractivity contribution in [3.05, 3.63) is 39.9 Å². The minimum atomic E-state index is -1.33. The van der Waals surface area contributed by atoms with Crippen LogP contribution in [0.2, 0.25) is 0 Å². The van der Waals surface area contributed by atoms with Crippen LogP contribution in [0, 0.1) is 11.2 Å². The molecule has 0 amide bonds. The monoisotopic (exact) mass is 409 g/mol. The van der Waals surface area contributed by atoms with Crippen molar-refractivity contribution in [2.45, 2.75) is 25.8 Å². The van der Waals surface area contributed by atoms with Gasteiger partial charge in [-0.3, -0.25) is 9.59 Å². The number of aromatic carboxylic acids is 1. The maximum Gasteiger partial charge on any atom is 0.341 e. The second-order valence-electron chi connectivity index (χ2n) is 7.68. The van der Waals surface area contributed by atoms with Crippen LogP contribution in [0.5, 0.6) is 0 Å². The van der Waals surface area contributed by atoms with Crippen LogP contribution < -0.4 is 16.1 Å². The van der Waals surface area contributed by atoms with Crippen LogP contribution in [0.4, 0.5) is 10.1 Å². The highest BCUT2D eigenvalue weighted by Crippen LogP contribution is 2.39. The maximum atomic E-state index is 14.8. The molecular formula is C19H21ClFN3O4. The summed E-state index contributed by atoms with van der Waals surface area (Å²) in [5.74, 6) is -2.03. The summed E-state index contributed by atoms with van der Waals surface area (Å²) in [4.78, 5) is 37.8. The molecule has 2 heterocycles. The second kappa shape index (κ2) is 6.86. The van der Waals surface area contributed by atoms with Gasteiger partial charge in [-0.1, -0.05) is 0 Å². The zero-order chi connectivity index (χ0) is 19.5. The minimum Gasteiger partial charge on any atom is -0.477 e. The van der Waals surface area contributed by atoms with Gasteiger partial charge in [-0.15, -0.1) is 12.4 Å². The number of carbonyl (C=O) groups is 2. The van der Waals surface area contributed by atoms with Crippen LogP contribution >= 0.6 is 12.4 Å². The largest absolute Gasteiger partial charge is 0.477 e. The van der Waals surface area contributed by atoms with Crippen molar-refractivity contribution in [1.82, 2.24) is 4.57 Å². The Morgan fingerprint density at radius 2 is 2.04 bits per heavy atom. The van der Waals surface area contributed by atoms with Crippen LogP contribution in [0.25, 0.3) is 10.9 Å². The van der Waals surface area contributed by atoms with Crippen molar-refractivity contribution in [2.24, 2.45) is 11.1 Å². The number of fused-ring (bicyclic) bond motifs is 1. The average Bonchev–Trinajstić information content (AvgIpc) is 3.41. The number of ketones is 1. The van der Waals surface area contributed by atoms with Gasteiger partial charge >= 0.3 is 5.97 Å². The molecule has 2 aromatic rings. The number of halogens is 2. The summed E-state index contributed by atoms with van der Waals surface area (Å²) in [5.41, 5.74) is 4.63. The summed E-state index contributed by atoms with van der Waals surface area (Å²) < 4.78 is 16.6. The van der Waals surface area contributed by atoms with Gasteiger partial charge in [0, 0.05) is 30.7 Å². The van der Waals surface area contributed by atoms with Gasteiger partial charge in [-0.05, 0) is 31.9 Å². The van der Waals surface area contributed by atoms with Crippen molar-refractivity contribution in [3.63, 3.8) is 0 Å². The molecule has 0 radical (unpaired) electrons. The number of Topliss-reactive ketones (excluding diaryl/α,β-unsaturated/α-hetero) is 1. The van der Waals surface area contributed by atoms with Gasteiger partial charge in [0.25, 0.3) is 0 Å². The highest BCUT2D eigenvalue weighted by atomic mass is 35.5. The molecule has 1 aliphatic carbocycles. The lowest BCUT2D eigenvalue weighted by Crippen LogP contribution is -2.35. The molecule has 3 N–H and O–H groups in total. The van der Waals surface area contributed by atoms with E-state index in [0.717, 1.165) is 18.9 Å². The zero-order valence-electron chi connectivity index (χ0n) is 15.3. The van der Waals surface area contributed by atoms with Gasteiger partial charge < -0.3 is 20.3 Å². The van der Waals surface area contributed by atoms with E-state index in [1.165, 1.54) is 6.20 Å². The van der Waals surface area contributed by atoms with Crippen LogP contribution in [-0.4, -0.2) is 41.1 Å². The van der Waals surface area contributed by atoms with Crippen molar-refractivity contribution in [1.29, 1.82) is 0 Å². The van der Waals surface area contributed by atoms with Gasteiger partial charge in [0.2, 0.25) is 5.43 Å². The lowest BCUT2D eigenvalue weighted by Gasteiger charge is -2.23. The SMILES string of the molecule is CC1(CN)CN(c2cc3c(cc2F)c(=O)c(C(=O)O)cn3C2CC2)CC1=O.Cl.